The van der Waals surface area contributed by atoms with Gasteiger partial charge in [-0.25, -0.2) is 4.79 Å². The van der Waals surface area contributed by atoms with Crippen molar-refractivity contribution in [1.82, 2.24) is 5.32 Å². The van der Waals surface area contributed by atoms with E-state index in [2.05, 4.69) is 5.32 Å². The fourth-order valence-corrected chi connectivity index (χ4v) is 2.60. The number of carbonyl (C=O) groups is 2. The Balaban J connectivity index is 1.97. The number of hydrogen-bond acceptors (Lipinski definition) is 5. The number of benzene rings is 2. The van der Waals surface area contributed by atoms with Crippen LogP contribution >= 0.6 is 0 Å². The molecule has 0 aliphatic heterocycles. The summed E-state index contributed by atoms with van der Waals surface area (Å²) in [4.78, 5) is 23.9. The molecule has 6 heteroatoms. The Kier molecular flexibility index (Phi) is 8.32. The van der Waals surface area contributed by atoms with Crippen LogP contribution in [0.3, 0.4) is 0 Å². The minimum absolute atomic E-state index is 0.124. The first-order chi connectivity index (χ1) is 13.1. The molecule has 2 N–H and O–H groups in total. The highest BCUT2D eigenvalue weighted by molar-refractivity contribution is 5.71. The average Bonchev–Trinajstić information content (AvgIpc) is 2.67. The summed E-state index contributed by atoms with van der Waals surface area (Å²) in [6, 6.07) is 18.0. The first kappa shape index (κ1) is 20.5. The Bertz CT molecular complexity index is 705. The van der Waals surface area contributed by atoms with Crippen LogP contribution in [0, 0.1) is 0 Å². The molecule has 6 nitrogen and oxygen atoms in total. The molecule has 0 spiro atoms. The normalized spacial score (nSPS) is 12.7. The van der Waals surface area contributed by atoms with Crippen molar-refractivity contribution in [2.45, 2.75) is 38.5 Å². The van der Waals surface area contributed by atoms with E-state index in [1.165, 1.54) is 0 Å². The predicted molar refractivity (Wildman–Crippen MR) is 101 cm³/mol. The highest BCUT2D eigenvalue weighted by atomic mass is 16.5. The van der Waals surface area contributed by atoms with Crippen molar-refractivity contribution in [1.29, 1.82) is 0 Å². The number of esters is 1. The quantitative estimate of drug-likeness (QED) is 0.662. The standard InChI is InChI=1S/C21H25NO5/c1-2-26-20(24)14-19(23)18(13-16-9-5-3-6-10-16)22-21(25)27-15-17-11-7-4-8-12-17/h3-12,18-19,23H,2,13-15H2,1H3,(H,22,25)/t18-,19-/m0/s1. The lowest BCUT2D eigenvalue weighted by atomic mass is 9.99. The Hall–Kier alpha value is -2.86. The van der Waals surface area contributed by atoms with Gasteiger partial charge in [0.1, 0.15) is 6.61 Å². The fourth-order valence-electron chi connectivity index (χ4n) is 2.60. The number of aliphatic hydroxyl groups is 1. The molecule has 2 rings (SSSR count). The summed E-state index contributed by atoms with van der Waals surface area (Å²) in [5.41, 5.74) is 1.79. The van der Waals surface area contributed by atoms with Crippen LogP contribution in [-0.4, -0.2) is 35.9 Å². The molecule has 0 saturated carbocycles. The van der Waals surface area contributed by atoms with E-state index in [0.717, 1.165) is 11.1 Å². The molecule has 1 amide bonds. The van der Waals surface area contributed by atoms with E-state index in [1.54, 1.807) is 6.92 Å². The minimum Gasteiger partial charge on any atom is -0.466 e. The second-order valence-corrected chi connectivity index (χ2v) is 6.08. The van der Waals surface area contributed by atoms with Crippen LogP contribution in [0.4, 0.5) is 4.79 Å². The molecule has 0 saturated heterocycles. The summed E-state index contributed by atoms with van der Waals surface area (Å²) in [5.74, 6) is -0.512. The van der Waals surface area contributed by atoms with Crippen LogP contribution in [0.25, 0.3) is 0 Å². The highest BCUT2D eigenvalue weighted by Crippen LogP contribution is 2.10. The molecule has 0 bridgehead atoms. The second-order valence-electron chi connectivity index (χ2n) is 6.08. The summed E-state index contributed by atoms with van der Waals surface area (Å²) in [6.45, 7) is 2.06. The van der Waals surface area contributed by atoms with Gasteiger partial charge < -0.3 is 19.9 Å². The SMILES string of the molecule is CCOC(=O)C[C@H](O)[C@H](Cc1ccccc1)NC(=O)OCc1ccccc1. The molecular formula is C21H25NO5. The summed E-state index contributed by atoms with van der Waals surface area (Å²) in [6.07, 6.45) is -1.58. The fraction of sp³-hybridized carbons (Fsp3) is 0.333. The number of alkyl carbamates (subject to hydrolysis) is 1. The van der Waals surface area contributed by atoms with Gasteiger partial charge in [0.15, 0.2) is 0 Å². The predicted octanol–water partition coefficient (Wildman–Crippen LogP) is 2.84. The van der Waals surface area contributed by atoms with Gasteiger partial charge >= 0.3 is 12.1 Å². The van der Waals surface area contributed by atoms with Crippen molar-refractivity contribution in [3.05, 3.63) is 71.8 Å². The Morgan fingerprint density at radius 1 is 0.963 bits per heavy atom. The van der Waals surface area contributed by atoms with Gasteiger partial charge in [-0.3, -0.25) is 4.79 Å². The zero-order valence-electron chi connectivity index (χ0n) is 15.3. The Morgan fingerprint density at radius 2 is 1.56 bits per heavy atom. The van der Waals surface area contributed by atoms with Crippen molar-refractivity contribution >= 4 is 12.1 Å². The van der Waals surface area contributed by atoms with Crippen molar-refractivity contribution in [3.8, 4) is 0 Å². The Morgan fingerprint density at radius 3 is 2.15 bits per heavy atom. The monoisotopic (exact) mass is 371 g/mol. The maximum atomic E-state index is 12.2. The van der Waals surface area contributed by atoms with E-state index in [1.807, 2.05) is 60.7 Å². The van der Waals surface area contributed by atoms with Gasteiger partial charge in [0.2, 0.25) is 0 Å². The maximum absolute atomic E-state index is 12.2. The smallest absolute Gasteiger partial charge is 0.407 e. The van der Waals surface area contributed by atoms with Crippen molar-refractivity contribution < 1.29 is 24.2 Å². The zero-order valence-corrected chi connectivity index (χ0v) is 15.3. The van der Waals surface area contributed by atoms with Crippen LogP contribution in [0.2, 0.25) is 0 Å². The summed E-state index contributed by atoms with van der Waals surface area (Å²) < 4.78 is 10.1. The van der Waals surface area contributed by atoms with Crippen LogP contribution in [0.15, 0.2) is 60.7 Å². The zero-order chi connectivity index (χ0) is 19.5. The van der Waals surface area contributed by atoms with Crippen molar-refractivity contribution in [2.75, 3.05) is 6.61 Å². The molecule has 0 fully saturated rings. The molecular weight excluding hydrogens is 346 g/mol. The third kappa shape index (κ3) is 7.50. The van der Waals surface area contributed by atoms with Crippen LogP contribution < -0.4 is 5.32 Å². The summed E-state index contributed by atoms with van der Waals surface area (Å²) in [7, 11) is 0. The van der Waals surface area contributed by atoms with Gasteiger partial charge in [0.05, 0.1) is 25.2 Å². The van der Waals surface area contributed by atoms with Crippen LogP contribution in [0.5, 0.6) is 0 Å². The number of aliphatic hydroxyl groups excluding tert-OH is 1. The molecule has 2 atom stereocenters. The number of nitrogens with one attached hydrogen (secondary N) is 1. The van der Waals surface area contributed by atoms with Crippen LogP contribution in [0.1, 0.15) is 24.5 Å². The van der Waals surface area contributed by atoms with Gasteiger partial charge in [0, 0.05) is 0 Å². The molecule has 0 aliphatic carbocycles. The van der Waals surface area contributed by atoms with Crippen LogP contribution in [-0.2, 0) is 27.3 Å². The third-order valence-electron chi connectivity index (χ3n) is 3.96. The molecule has 2 aromatic carbocycles. The van der Waals surface area contributed by atoms with E-state index < -0.39 is 24.2 Å². The minimum atomic E-state index is -1.09. The van der Waals surface area contributed by atoms with Gasteiger partial charge in [0.25, 0.3) is 0 Å². The molecule has 27 heavy (non-hydrogen) atoms. The number of amides is 1. The van der Waals surface area contributed by atoms with Crippen molar-refractivity contribution in [2.24, 2.45) is 0 Å². The summed E-state index contributed by atoms with van der Waals surface area (Å²) >= 11 is 0. The van der Waals surface area contributed by atoms with E-state index in [4.69, 9.17) is 9.47 Å². The highest BCUT2D eigenvalue weighted by Gasteiger charge is 2.25. The number of carbonyl (C=O) groups excluding carboxylic acids is 2. The maximum Gasteiger partial charge on any atom is 0.407 e. The molecule has 0 unspecified atom stereocenters. The van der Waals surface area contributed by atoms with E-state index >= 15 is 0 Å². The van der Waals surface area contributed by atoms with E-state index in [0.29, 0.717) is 6.42 Å². The van der Waals surface area contributed by atoms with Crippen molar-refractivity contribution in [3.63, 3.8) is 0 Å². The lowest BCUT2D eigenvalue weighted by Crippen LogP contribution is -2.46. The molecule has 0 heterocycles. The molecule has 2 aromatic rings. The van der Waals surface area contributed by atoms with Gasteiger partial charge in [-0.2, -0.15) is 0 Å². The average molecular weight is 371 g/mol. The first-order valence-electron chi connectivity index (χ1n) is 8.93. The molecule has 144 valence electrons. The Labute approximate surface area is 159 Å². The molecule has 0 radical (unpaired) electrons. The number of ether oxygens (including phenoxy) is 2. The largest absolute Gasteiger partial charge is 0.466 e. The van der Waals surface area contributed by atoms with Gasteiger partial charge in [-0.15, -0.1) is 0 Å². The third-order valence-corrected chi connectivity index (χ3v) is 3.96. The van der Waals surface area contributed by atoms with Gasteiger partial charge in [-0.05, 0) is 24.5 Å². The van der Waals surface area contributed by atoms with E-state index in [-0.39, 0.29) is 19.6 Å². The lowest BCUT2D eigenvalue weighted by molar-refractivity contribution is -0.145. The number of hydrogen-bond donors (Lipinski definition) is 2. The summed E-state index contributed by atoms with van der Waals surface area (Å²) in [5, 5.41) is 13.1. The van der Waals surface area contributed by atoms with E-state index in [9.17, 15) is 14.7 Å². The second kappa shape index (κ2) is 11.0. The first-order valence-corrected chi connectivity index (χ1v) is 8.93. The lowest BCUT2D eigenvalue weighted by Gasteiger charge is -2.23. The van der Waals surface area contributed by atoms with Gasteiger partial charge in [-0.1, -0.05) is 60.7 Å². The topological polar surface area (TPSA) is 84.9 Å². The number of rotatable bonds is 9. The molecule has 0 aromatic heterocycles. The molecule has 0 aliphatic rings.